The molecule has 0 atom stereocenters. The summed E-state index contributed by atoms with van der Waals surface area (Å²) in [7, 11) is 0. The Kier molecular flexibility index (Phi) is 6.38. The zero-order valence-corrected chi connectivity index (χ0v) is 13.7. The molecule has 3 heteroatoms. The lowest BCUT2D eigenvalue weighted by molar-refractivity contribution is 0.431. The van der Waals surface area contributed by atoms with Gasteiger partial charge in [-0.15, -0.1) is 0 Å². The van der Waals surface area contributed by atoms with E-state index in [4.69, 9.17) is 23.2 Å². The van der Waals surface area contributed by atoms with E-state index in [1.54, 1.807) is 0 Å². The molecule has 0 bridgehead atoms. The maximum atomic E-state index is 6.19. The van der Waals surface area contributed by atoms with Crippen LogP contribution in [0.25, 0.3) is 0 Å². The second-order valence-electron chi connectivity index (χ2n) is 5.91. The van der Waals surface area contributed by atoms with Crippen molar-refractivity contribution in [2.24, 2.45) is 0 Å². The van der Waals surface area contributed by atoms with E-state index in [1.165, 1.54) is 5.57 Å². The summed E-state index contributed by atoms with van der Waals surface area (Å²) in [5.41, 5.74) is 2.59. The summed E-state index contributed by atoms with van der Waals surface area (Å²) >= 11 is 12.2. The fourth-order valence-corrected chi connectivity index (χ4v) is 2.21. The lowest BCUT2D eigenvalue weighted by Gasteiger charge is -2.19. The molecule has 19 heavy (non-hydrogen) atoms. The second-order valence-corrected chi connectivity index (χ2v) is 6.69. The quantitative estimate of drug-likeness (QED) is 0.577. The normalized spacial score (nSPS) is 12.8. The number of rotatable bonds is 5. The summed E-state index contributed by atoms with van der Waals surface area (Å²) < 4.78 is 0. The van der Waals surface area contributed by atoms with Gasteiger partial charge in [0.25, 0.3) is 0 Å². The first-order valence-corrected chi connectivity index (χ1v) is 7.39. The van der Waals surface area contributed by atoms with Gasteiger partial charge in [-0.3, -0.25) is 0 Å². The molecule has 1 N–H and O–H groups in total. The van der Waals surface area contributed by atoms with Gasteiger partial charge in [0.15, 0.2) is 0 Å². The minimum Gasteiger partial charge on any atom is -0.312 e. The van der Waals surface area contributed by atoms with Crippen LogP contribution in [0.3, 0.4) is 0 Å². The molecule has 0 heterocycles. The van der Waals surface area contributed by atoms with E-state index in [2.05, 4.69) is 39.1 Å². The molecule has 1 nitrogen and oxygen atoms in total. The molecule has 0 saturated carbocycles. The molecule has 0 radical (unpaired) electrons. The molecule has 0 aromatic heterocycles. The zero-order valence-electron chi connectivity index (χ0n) is 12.2. The number of halogens is 2. The van der Waals surface area contributed by atoms with Crippen molar-refractivity contribution in [1.82, 2.24) is 5.32 Å². The van der Waals surface area contributed by atoms with Gasteiger partial charge < -0.3 is 5.32 Å². The lowest BCUT2D eigenvalue weighted by atomic mass is 10.0. The Morgan fingerprint density at radius 1 is 1.26 bits per heavy atom. The molecule has 106 valence electrons. The fourth-order valence-electron chi connectivity index (χ4n) is 1.82. The van der Waals surface area contributed by atoms with Gasteiger partial charge in [-0.1, -0.05) is 47.0 Å². The molecule has 0 amide bonds. The first-order valence-electron chi connectivity index (χ1n) is 6.63. The number of nitrogens with one attached hydrogen (secondary N) is 1. The van der Waals surface area contributed by atoms with E-state index in [1.807, 2.05) is 18.2 Å². The minimum absolute atomic E-state index is 0.179. The third-order valence-electron chi connectivity index (χ3n) is 2.79. The van der Waals surface area contributed by atoms with E-state index in [9.17, 15) is 0 Å². The predicted molar refractivity (Wildman–Crippen MR) is 86.3 cm³/mol. The molecule has 1 rings (SSSR count). The number of benzene rings is 1. The molecular weight excluding hydrogens is 277 g/mol. The smallest absolute Gasteiger partial charge is 0.0627 e. The van der Waals surface area contributed by atoms with E-state index < -0.39 is 0 Å². The third kappa shape index (κ3) is 6.47. The summed E-state index contributed by atoms with van der Waals surface area (Å²) in [4.78, 5) is 0. The lowest BCUT2D eigenvalue weighted by Crippen LogP contribution is -2.36. The van der Waals surface area contributed by atoms with Gasteiger partial charge >= 0.3 is 0 Å². The second kappa shape index (κ2) is 7.33. The average molecular weight is 300 g/mol. The summed E-state index contributed by atoms with van der Waals surface area (Å²) in [5, 5.41) is 4.77. The standard InChI is InChI=1S/C16H23Cl2N/c1-12(7-6-10-19-16(2,3)4)11-13-8-5-9-14(17)15(13)18/h5,7-9,19H,6,10-11H2,1-4H3/b12-7-. The van der Waals surface area contributed by atoms with Crippen LogP contribution in [0.2, 0.25) is 10.0 Å². The van der Waals surface area contributed by atoms with E-state index in [0.717, 1.165) is 24.9 Å². The monoisotopic (exact) mass is 299 g/mol. The van der Waals surface area contributed by atoms with Crippen LogP contribution in [0, 0.1) is 0 Å². The maximum Gasteiger partial charge on any atom is 0.0627 e. The molecule has 1 aromatic carbocycles. The Hall–Kier alpha value is -0.500. The van der Waals surface area contributed by atoms with Gasteiger partial charge in [-0.05, 0) is 58.7 Å². The largest absolute Gasteiger partial charge is 0.312 e. The summed E-state index contributed by atoms with van der Waals surface area (Å²) in [6, 6.07) is 5.79. The topological polar surface area (TPSA) is 12.0 Å². The average Bonchev–Trinajstić information content (AvgIpc) is 2.29. The Morgan fingerprint density at radius 2 is 1.95 bits per heavy atom. The third-order valence-corrected chi connectivity index (χ3v) is 3.65. The van der Waals surface area contributed by atoms with Gasteiger partial charge in [0, 0.05) is 5.54 Å². The van der Waals surface area contributed by atoms with Gasteiger partial charge in [-0.25, -0.2) is 0 Å². The van der Waals surface area contributed by atoms with Crippen LogP contribution in [-0.4, -0.2) is 12.1 Å². The van der Waals surface area contributed by atoms with Crippen molar-refractivity contribution in [2.75, 3.05) is 6.54 Å². The molecule has 0 fully saturated rings. The summed E-state index contributed by atoms with van der Waals surface area (Å²) in [6.45, 7) is 9.65. The van der Waals surface area contributed by atoms with Crippen molar-refractivity contribution < 1.29 is 0 Å². The Bertz CT molecular complexity index is 445. The molecule has 0 aliphatic carbocycles. The van der Waals surface area contributed by atoms with Crippen molar-refractivity contribution >= 4 is 23.2 Å². The Morgan fingerprint density at radius 3 is 2.58 bits per heavy atom. The highest BCUT2D eigenvalue weighted by Crippen LogP contribution is 2.27. The molecule has 0 saturated heterocycles. The summed E-state index contributed by atoms with van der Waals surface area (Å²) in [6.07, 6.45) is 4.15. The minimum atomic E-state index is 0.179. The van der Waals surface area contributed by atoms with Crippen LogP contribution in [0.1, 0.15) is 39.7 Å². The first kappa shape index (κ1) is 16.6. The van der Waals surface area contributed by atoms with Crippen molar-refractivity contribution in [3.05, 3.63) is 45.5 Å². The maximum absolute atomic E-state index is 6.19. The highest BCUT2D eigenvalue weighted by molar-refractivity contribution is 6.42. The molecule has 0 aliphatic heterocycles. The van der Waals surface area contributed by atoms with Gasteiger partial charge in [0.2, 0.25) is 0 Å². The first-order chi connectivity index (χ1) is 8.79. The van der Waals surface area contributed by atoms with Gasteiger partial charge in [0.1, 0.15) is 0 Å². The van der Waals surface area contributed by atoms with Crippen molar-refractivity contribution in [3.8, 4) is 0 Å². The number of hydrogen-bond donors (Lipinski definition) is 1. The van der Waals surface area contributed by atoms with Crippen molar-refractivity contribution in [2.45, 2.75) is 46.1 Å². The molecule has 0 unspecified atom stereocenters. The van der Waals surface area contributed by atoms with Crippen molar-refractivity contribution in [1.29, 1.82) is 0 Å². The SMILES string of the molecule is C/C(=C/CCNC(C)(C)C)Cc1cccc(Cl)c1Cl. The molecule has 0 spiro atoms. The van der Waals surface area contributed by atoms with Crippen LogP contribution < -0.4 is 5.32 Å². The Labute approximate surface area is 127 Å². The number of hydrogen-bond acceptors (Lipinski definition) is 1. The zero-order chi connectivity index (χ0) is 14.5. The summed E-state index contributed by atoms with van der Waals surface area (Å²) in [5.74, 6) is 0. The van der Waals surface area contributed by atoms with Crippen molar-refractivity contribution in [3.63, 3.8) is 0 Å². The fraction of sp³-hybridized carbons (Fsp3) is 0.500. The van der Waals surface area contributed by atoms with E-state index in [0.29, 0.717) is 10.0 Å². The van der Waals surface area contributed by atoms with Crippen LogP contribution in [-0.2, 0) is 6.42 Å². The molecular formula is C16H23Cl2N. The van der Waals surface area contributed by atoms with Crippen LogP contribution in [0.15, 0.2) is 29.8 Å². The van der Waals surface area contributed by atoms with Gasteiger partial charge in [-0.2, -0.15) is 0 Å². The highest BCUT2D eigenvalue weighted by Gasteiger charge is 2.07. The highest BCUT2D eigenvalue weighted by atomic mass is 35.5. The Balaban J connectivity index is 2.50. The number of allylic oxidation sites excluding steroid dienone is 1. The molecule has 0 aliphatic rings. The van der Waals surface area contributed by atoms with Crippen LogP contribution >= 0.6 is 23.2 Å². The van der Waals surface area contributed by atoms with E-state index in [-0.39, 0.29) is 5.54 Å². The molecule has 1 aromatic rings. The van der Waals surface area contributed by atoms with Gasteiger partial charge in [0.05, 0.1) is 10.0 Å². The van der Waals surface area contributed by atoms with Crippen LogP contribution in [0.5, 0.6) is 0 Å². The van der Waals surface area contributed by atoms with Crippen LogP contribution in [0.4, 0.5) is 0 Å². The predicted octanol–water partition coefficient (Wildman–Crippen LogP) is 5.26. The van der Waals surface area contributed by atoms with E-state index >= 15 is 0 Å².